The molecule has 1 aromatic rings. The number of ether oxygens (including phenoxy) is 1. The average Bonchev–Trinajstić information content (AvgIpc) is 2.35. The fraction of sp³-hybridized carbons (Fsp3) is 0.429. The molecule has 0 aromatic heterocycles. The van der Waals surface area contributed by atoms with Crippen molar-refractivity contribution in [2.75, 3.05) is 13.7 Å². The summed E-state index contributed by atoms with van der Waals surface area (Å²) in [5, 5.41) is 2.69. The molecule has 0 atom stereocenters. The van der Waals surface area contributed by atoms with Crippen LogP contribution in [0, 0.1) is 0 Å². The lowest BCUT2D eigenvalue weighted by atomic mass is 10.00. The molecule has 2 amide bonds. The van der Waals surface area contributed by atoms with Gasteiger partial charge in [-0.15, -0.1) is 0 Å². The molecule has 1 N–H and O–H groups in total. The predicted molar refractivity (Wildman–Crippen MR) is 78.3 cm³/mol. The van der Waals surface area contributed by atoms with Crippen LogP contribution in [0.1, 0.15) is 19.4 Å². The van der Waals surface area contributed by atoms with Crippen LogP contribution in [0.15, 0.2) is 22.7 Å². The van der Waals surface area contributed by atoms with Gasteiger partial charge < -0.3 is 15.0 Å². The Bertz CT molecular complexity index is 557. The van der Waals surface area contributed by atoms with E-state index in [9.17, 15) is 9.59 Å². The van der Waals surface area contributed by atoms with E-state index < -0.39 is 5.54 Å². The van der Waals surface area contributed by atoms with Gasteiger partial charge in [-0.3, -0.25) is 9.59 Å². The lowest BCUT2D eigenvalue weighted by molar-refractivity contribution is -0.148. The van der Waals surface area contributed by atoms with Crippen LogP contribution in [0.25, 0.3) is 0 Å². The van der Waals surface area contributed by atoms with Gasteiger partial charge in [0.1, 0.15) is 11.3 Å². The highest BCUT2D eigenvalue weighted by molar-refractivity contribution is 9.10. The normalized spacial score (nSPS) is 17.9. The van der Waals surface area contributed by atoms with Crippen molar-refractivity contribution in [3.63, 3.8) is 0 Å². The summed E-state index contributed by atoms with van der Waals surface area (Å²) in [5.74, 6) is 0.517. The third-order valence-corrected chi connectivity index (χ3v) is 3.82. The number of carbonyl (C=O) groups is 2. The molecular formula is C14H17BrN2O3. The average molecular weight is 341 g/mol. The second kappa shape index (κ2) is 5.44. The second-order valence-electron chi connectivity index (χ2n) is 5.30. The van der Waals surface area contributed by atoms with Crippen LogP contribution in [-0.2, 0) is 16.1 Å². The molecule has 0 unspecified atom stereocenters. The Labute approximate surface area is 126 Å². The molecule has 2 rings (SSSR count). The van der Waals surface area contributed by atoms with Crippen LogP contribution in [0.2, 0.25) is 0 Å². The standard InChI is InChI=1S/C14H17BrN2O3/c1-14(2)13(19)17(8-12(18)16-14)7-9-4-5-11(20-3)10(15)6-9/h4-6H,7-8H2,1-3H3,(H,16,18). The monoisotopic (exact) mass is 340 g/mol. The molecule has 5 nitrogen and oxygen atoms in total. The number of hydrogen-bond acceptors (Lipinski definition) is 3. The minimum atomic E-state index is -0.848. The molecule has 1 saturated heterocycles. The molecule has 0 aliphatic carbocycles. The fourth-order valence-electron chi connectivity index (χ4n) is 2.24. The Kier molecular flexibility index (Phi) is 4.04. The zero-order valence-corrected chi connectivity index (χ0v) is 13.3. The summed E-state index contributed by atoms with van der Waals surface area (Å²) < 4.78 is 5.99. The van der Waals surface area contributed by atoms with E-state index in [0.717, 1.165) is 15.8 Å². The van der Waals surface area contributed by atoms with Gasteiger partial charge in [0, 0.05) is 6.54 Å². The Morgan fingerprint density at radius 3 is 2.70 bits per heavy atom. The van der Waals surface area contributed by atoms with Crippen molar-refractivity contribution >= 4 is 27.7 Å². The first-order chi connectivity index (χ1) is 9.33. The van der Waals surface area contributed by atoms with Crippen LogP contribution in [0.4, 0.5) is 0 Å². The van der Waals surface area contributed by atoms with Gasteiger partial charge in [0.25, 0.3) is 0 Å². The first kappa shape index (κ1) is 14.8. The van der Waals surface area contributed by atoms with Crippen LogP contribution >= 0.6 is 15.9 Å². The van der Waals surface area contributed by atoms with Crippen LogP contribution < -0.4 is 10.1 Å². The molecule has 0 radical (unpaired) electrons. The molecule has 1 aliphatic heterocycles. The summed E-state index contributed by atoms with van der Waals surface area (Å²) >= 11 is 3.41. The van der Waals surface area contributed by atoms with Gasteiger partial charge in [-0.05, 0) is 47.5 Å². The summed E-state index contributed by atoms with van der Waals surface area (Å²) in [6, 6.07) is 5.61. The van der Waals surface area contributed by atoms with Crippen molar-refractivity contribution in [2.24, 2.45) is 0 Å². The number of piperazine rings is 1. The number of benzene rings is 1. The third kappa shape index (κ3) is 2.95. The van der Waals surface area contributed by atoms with Crippen molar-refractivity contribution in [1.82, 2.24) is 10.2 Å². The maximum absolute atomic E-state index is 12.3. The molecule has 1 aliphatic rings. The van der Waals surface area contributed by atoms with Gasteiger partial charge in [-0.1, -0.05) is 6.07 Å². The van der Waals surface area contributed by atoms with E-state index in [1.807, 2.05) is 18.2 Å². The molecule has 0 saturated carbocycles. The van der Waals surface area contributed by atoms with Gasteiger partial charge in [0.05, 0.1) is 18.1 Å². The molecule has 108 valence electrons. The van der Waals surface area contributed by atoms with Gasteiger partial charge in [-0.25, -0.2) is 0 Å². The SMILES string of the molecule is COc1ccc(CN2CC(=O)NC(C)(C)C2=O)cc1Br. The minimum Gasteiger partial charge on any atom is -0.496 e. The smallest absolute Gasteiger partial charge is 0.248 e. The summed E-state index contributed by atoms with van der Waals surface area (Å²) in [6.07, 6.45) is 0. The van der Waals surface area contributed by atoms with Crippen molar-refractivity contribution < 1.29 is 14.3 Å². The maximum atomic E-state index is 12.3. The zero-order chi connectivity index (χ0) is 14.9. The number of rotatable bonds is 3. The van der Waals surface area contributed by atoms with Crippen molar-refractivity contribution in [3.8, 4) is 5.75 Å². The molecule has 0 spiro atoms. The van der Waals surface area contributed by atoms with Gasteiger partial charge in [-0.2, -0.15) is 0 Å². The topological polar surface area (TPSA) is 58.6 Å². The third-order valence-electron chi connectivity index (χ3n) is 3.20. The number of nitrogens with one attached hydrogen (secondary N) is 1. The first-order valence-electron chi connectivity index (χ1n) is 6.26. The highest BCUT2D eigenvalue weighted by Gasteiger charge is 2.38. The predicted octanol–water partition coefficient (Wildman–Crippen LogP) is 1.69. The van der Waals surface area contributed by atoms with E-state index in [1.54, 1.807) is 25.9 Å². The summed E-state index contributed by atoms with van der Waals surface area (Å²) in [6.45, 7) is 3.91. The van der Waals surface area contributed by atoms with Gasteiger partial charge in [0.15, 0.2) is 0 Å². The lowest BCUT2D eigenvalue weighted by Gasteiger charge is -2.37. The van der Waals surface area contributed by atoms with Crippen molar-refractivity contribution in [3.05, 3.63) is 28.2 Å². The van der Waals surface area contributed by atoms with Crippen molar-refractivity contribution in [2.45, 2.75) is 25.9 Å². The maximum Gasteiger partial charge on any atom is 0.248 e. The summed E-state index contributed by atoms with van der Waals surface area (Å²) in [7, 11) is 1.60. The Hall–Kier alpha value is -1.56. The number of methoxy groups -OCH3 is 1. The Morgan fingerprint density at radius 2 is 2.10 bits per heavy atom. The molecule has 1 fully saturated rings. The van der Waals surface area contributed by atoms with Crippen LogP contribution in [0.3, 0.4) is 0 Å². The minimum absolute atomic E-state index is 0.0796. The molecule has 1 aromatic carbocycles. The van der Waals surface area contributed by atoms with E-state index in [0.29, 0.717) is 6.54 Å². The van der Waals surface area contributed by atoms with E-state index in [4.69, 9.17) is 4.74 Å². The number of nitrogens with zero attached hydrogens (tertiary/aromatic N) is 1. The summed E-state index contributed by atoms with van der Waals surface area (Å²) in [5.41, 5.74) is 0.0930. The summed E-state index contributed by atoms with van der Waals surface area (Å²) in [4.78, 5) is 25.5. The van der Waals surface area contributed by atoms with Gasteiger partial charge in [0.2, 0.25) is 11.8 Å². The zero-order valence-electron chi connectivity index (χ0n) is 11.7. The van der Waals surface area contributed by atoms with E-state index >= 15 is 0 Å². The highest BCUT2D eigenvalue weighted by Crippen LogP contribution is 2.26. The number of carbonyl (C=O) groups excluding carboxylic acids is 2. The molecule has 1 heterocycles. The Balaban J connectivity index is 2.18. The Morgan fingerprint density at radius 1 is 1.40 bits per heavy atom. The first-order valence-corrected chi connectivity index (χ1v) is 7.05. The van der Waals surface area contributed by atoms with Crippen molar-refractivity contribution in [1.29, 1.82) is 0 Å². The van der Waals surface area contributed by atoms with Crippen LogP contribution in [-0.4, -0.2) is 35.9 Å². The number of amides is 2. The fourth-order valence-corrected chi connectivity index (χ4v) is 2.83. The lowest BCUT2D eigenvalue weighted by Crippen LogP contribution is -2.63. The molecule has 6 heteroatoms. The highest BCUT2D eigenvalue weighted by atomic mass is 79.9. The number of hydrogen-bond donors (Lipinski definition) is 1. The molecule has 20 heavy (non-hydrogen) atoms. The molecule has 0 bridgehead atoms. The molecular weight excluding hydrogens is 324 g/mol. The van der Waals surface area contributed by atoms with Crippen LogP contribution in [0.5, 0.6) is 5.75 Å². The van der Waals surface area contributed by atoms with Gasteiger partial charge >= 0.3 is 0 Å². The van der Waals surface area contributed by atoms with E-state index in [2.05, 4.69) is 21.2 Å². The van der Waals surface area contributed by atoms with E-state index in [1.165, 1.54) is 0 Å². The second-order valence-corrected chi connectivity index (χ2v) is 6.16. The largest absolute Gasteiger partial charge is 0.496 e. The quantitative estimate of drug-likeness (QED) is 0.910. The number of halogens is 1. The van der Waals surface area contributed by atoms with E-state index in [-0.39, 0.29) is 18.4 Å².